The molecule has 2 heterocycles. The fourth-order valence-corrected chi connectivity index (χ4v) is 2.66. The Morgan fingerprint density at radius 1 is 1.35 bits per heavy atom. The van der Waals surface area contributed by atoms with Crippen molar-refractivity contribution < 1.29 is 9.59 Å². The van der Waals surface area contributed by atoms with Crippen molar-refractivity contribution >= 4 is 22.7 Å². The Bertz CT molecular complexity index is 677. The number of fused-ring (bicyclic) bond motifs is 1. The number of hydrogen-bond donors (Lipinski definition) is 2. The second kappa shape index (κ2) is 5.05. The van der Waals surface area contributed by atoms with Gasteiger partial charge in [-0.2, -0.15) is 5.10 Å². The number of nitrogens with two attached hydrogens (primary N) is 1. The van der Waals surface area contributed by atoms with Crippen LogP contribution in [0.1, 0.15) is 24.5 Å². The Kier molecular flexibility index (Phi) is 3.23. The lowest BCUT2D eigenvalue weighted by Gasteiger charge is -2.19. The van der Waals surface area contributed by atoms with Crippen molar-refractivity contribution in [3.05, 3.63) is 30.0 Å². The van der Waals surface area contributed by atoms with E-state index in [-0.39, 0.29) is 17.7 Å². The maximum atomic E-state index is 12.0. The van der Waals surface area contributed by atoms with E-state index in [1.165, 1.54) is 0 Å². The zero-order valence-corrected chi connectivity index (χ0v) is 11.0. The first-order valence-electron chi connectivity index (χ1n) is 6.70. The van der Waals surface area contributed by atoms with Gasteiger partial charge in [0.1, 0.15) is 0 Å². The molecule has 0 aliphatic carbocycles. The van der Waals surface area contributed by atoms with Crippen LogP contribution in [0.2, 0.25) is 0 Å². The number of benzene rings is 1. The molecule has 6 nitrogen and oxygen atoms in total. The van der Waals surface area contributed by atoms with Crippen LogP contribution in [0, 0.1) is 0 Å². The van der Waals surface area contributed by atoms with Crippen molar-refractivity contribution in [1.82, 2.24) is 15.1 Å². The van der Waals surface area contributed by atoms with Crippen molar-refractivity contribution in [3.8, 4) is 0 Å². The van der Waals surface area contributed by atoms with E-state index in [4.69, 9.17) is 5.73 Å². The van der Waals surface area contributed by atoms with Crippen molar-refractivity contribution in [1.29, 1.82) is 0 Å². The number of carbonyl (C=O) groups excluding carboxylic acids is 2. The van der Waals surface area contributed by atoms with E-state index in [1.807, 2.05) is 28.9 Å². The minimum absolute atomic E-state index is 0.211. The summed E-state index contributed by atoms with van der Waals surface area (Å²) < 4.78 is 1.83. The zero-order valence-electron chi connectivity index (χ0n) is 11.0. The molecule has 20 heavy (non-hydrogen) atoms. The molecule has 1 saturated heterocycles. The summed E-state index contributed by atoms with van der Waals surface area (Å²) in [5, 5.41) is 7.88. The van der Waals surface area contributed by atoms with Crippen LogP contribution in [0.5, 0.6) is 0 Å². The number of aromatic nitrogens is 2. The summed E-state index contributed by atoms with van der Waals surface area (Å²) in [6.07, 6.45) is 0.864. The highest BCUT2D eigenvalue weighted by atomic mass is 16.2. The van der Waals surface area contributed by atoms with Crippen LogP contribution in [0.4, 0.5) is 0 Å². The van der Waals surface area contributed by atoms with Crippen LogP contribution >= 0.6 is 0 Å². The van der Waals surface area contributed by atoms with Crippen LogP contribution in [0.15, 0.2) is 24.3 Å². The van der Waals surface area contributed by atoms with Gasteiger partial charge in [0.15, 0.2) is 0 Å². The van der Waals surface area contributed by atoms with E-state index in [2.05, 4.69) is 10.4 Å². The lowest BCUT2D eigenvalue weighted by Crippen LogP contribution is -2.39. The van der Waals surface area contributed by atoms with Crippen molar-refractivity contribution in [3.63, 3.8) is 0 Å². The molecule has 1 aliphatic heterocycles. The first-order valence-corrected chi connectivity index (χ1v) is 6.70. The lowest BCUT2D eigenvalue weighted by atomic mass is 9.93. The highest BCUT2D eigenvalue weighted by Gasteiger charge is 2.31. The quantitative estimate of drug-likeness (QED) is 0.797. The van der Waals surface area contributed by atoms with Gasteiger partial charge in [-0.25, -0.2) is 0 Å². The van der Waals surface area contributed by atoms with Crippen molar-refractivity contribution in [2.45, 2.75) is 25.3 Å². The maximum Gasteiger partial charge on any atom is 0.235 e. The molecule has 0 radical (unpaired) electrons. The maximum absolute atomic E-state index is 12.0. The molecule has 3 rings (SSSR count). The fraction of sp³-hybridized carbons (Fsp3) is 0.357. The molecule has 1 unspecified atom stereocenters. The number of carbonyl (C=O) groups is 2. The van der Waals surface area contributed by atoms with Gasteiger partial charge in [0.25, 0.3) is 0 Å². The molecule has 1 aromatic carbocycles. The average Bonchev–Trinajstić information content (AvgIpc) is 2.79. The molecule has 1 atom stereocenters. The molecule has 0 spiro atoms. The lowest BCUT2D eigenvalue weighted by molar-refractivity contribution is -0.134. The largest absolute Gasteiger partial charge is 0.329 e. The van der Waals surface area contributed by atoms with Gasteiger partial charge in [0, 0.05) is 18.4 Å². The fourth-order valence-electron chi connectivity index (χ4n) is 2.66. The van der Waals surface area contributed by atoms with E-state index in [9.17, 15) is 9.59 Å². The minimum atomic E-state index is -0.364. The normalized spacial score (nSPS) is 19.4. The first-order chi connectivity index (χ1) is 9.70. The number of rotatable bonds is 3. The first kappa shape index (κ1) is 12.8. The van der Waals surface area contributed by atoms with Gasteiger partial charge in [0.05, 0.1) is 23.7 Å². The summed E-state index contributed by atoms with van der Waals surface area (Å²) in [4.78, 5) is 23.3. The monoisotopic (exact) mass is 272 g/mol. The predicted molar refractivity (Wildman–Crippen MR) is 73.9 cm³/mol. The van der Waals surface area contributed by atoms with Crippen LogP contribution in [0.3, 0.4) is 0 Å². The van der Waals surface area contributed by atoms with Crippen molar-refractivity contribution in [2.75, 3.05) is 6.54 Å². The zero-order chi connectivity index (χ0) is 14.1. The summed E-state index contributed by atoms with van der Waals surface area (Å²) in [7, 11) is 0. The predicted octanol–water partition coefficient (Wildman–Crippen LogP) is 0.515. The molecule has 1 aromatic heterocycles. The molecule has 104 valence electrons. The summed E-state index contributed by atoms with van der Waals surface area (Å²) in [6, 6.07) is 7.78. The molecule has 2 aromatic rings. The molecule has 2 amide bonds. The van der Waals surface area contributed by atoms with Gasteiger partial charge >= 0.3 is 0 Å². The van der Waals surface area contributed by atoms with E-state index < -0.39 is 0 Å². The van der Waals surface area contributed by atoms with Gasteiger partial charge in [-0.05, 0) is 12.5 Å². The van der Waals surface area contributed by atoms with Crippen LogP contribution in [-0.4, -0.2) is 28.1 Å². The summed E-state index contributed by atoms with van der Waals surface area (Å²) in [5.41, 5.74) is 7.31. The highest BCUT2D eigenvalue weighted by molar-refractivity contribution is 6.02. The Hall–Kier alpha value is -2.21. The Morgan fingerprint density at radius 2 is 2.15 bits per heavy atom. The van der Waals surface area contributed by atoms with Crippen molar-refractivity contribution in [2.24, 2.45) is 5.73 Å². The van der Waals surface area contributed by atoms with E-state index in [0.29, 0.717) is 25.9 Å². The van der Waals surface area contributed by atoms with Crippen LogP contribution in [-0.2, 0) is 16.1 Å². The second-order valence-electron chi connectivity index (χ2n) is 4.92. The third-order valence-electron chi connectivity index (χ3n) is 3.60. The standard InChI is InChI=1S/C14H16N4O2/c15-7-8-18-11-4-2-1-3-9(11)13(17-18)10-5-6-12(19)16-14(10)20/h1-4,10H,5-8,15H2,(H,16,19,20). The summed E-state index contributed by atoms with van der Waals surface area (Å²) in [6.45, 7) is 1.09. The van der Waals surface area contributed by atoms with E-state index >= 15 is 0 Å². The van der Waals surface area contributed by atoms with Gasteiger partial charge < -0.3 is 5.73 Å². The van der Waals surface area contributed by atoms with E-state index in [1.54, 1.807) is 0 Å². The molecule has 1 aliphatic rings. The van der Waals surface area contributed by atoms with Gasteiger partial charge in [-0.3, -0.25) is 19.6 Å². The Morgan fingerprint density at radius 3 is 2.90 bits per heavy atom. The molecule has 6 heteroatoms. The number of amides is 2. The number of para-hydroxylation sites is 1. The highest BCUT2D eigenvalue weighted by Crippen LogP contribution is 2.30. The molecular formula is C14H16N4O2. The Labute approximate surface area is 115 Å². The number of nitrogens with zero attached hydrogens (tertiary/aromatic N) is 2. The topological polar surface area (TPSA) is 90.0 Å². The molecule has 3 N–H and O–H groups in total. The van der Waals surface area contributed by atoms with Gasteiger partial charge in [-0.1, -0.05) is 18.2 Å². The third kappa shape index (κ3) is 2.08. The number of nitrogens with one attached hydrogen (secondary N) is 1. The molecule has 0 saturated carbocycles. The van der Waals surface area contributed by atoms with Crippen LogP contribution < -0.4 is 11.1 Å². The SMILES string of the molecule is NCCn1nc(C2CCC(=O)NC2=O)c2ccccc21. The molecule has 1 fully saturated rings. The van der Waals surface area contributed by atoms with E-state index in [0.717, 1.165) is 16.6 Å². The van der Waals surface area contributed by atoms with Gasteiger partial charge in [0.2, 0.25) is 11.8 Å². The third-order valence-corrected chi connectivity index (χ3v) is 3.60. The summed E-state index contributed by atoms with van der Waals surface area (Å²) in [5.74, 6) is -0.835. The number of hydrogen-bond acceptors (Lipinski definition) is 4. The Balaban J connectivity index is 2.07. The minimum Gasteiger partial charge on any atom is -0.329 e. The smallest absolute Gasteiger partial charge is 0.235 e. The number of imide groups is 1. The second-order valence-corrected chi connectivity index (χ2v) is 4.92. The van der Waals surface area contributed by atoms with Crippen LogP contribution in [0.25, 0.3) is 10.9 Å². The number of piperidine rings is 1. The molecule has 0 bridgehead atoms. The van der Waals surface area contributed by atoms with Gasteiger partial charge in [-0.15, -0.1) is 0 Å². The summed E-state index contributed by atoms with van der Waals surface area (Å²) >= 11 is 0. The molecular weight excluding hydrogens is 256 g/mol. The average molecular weight is 272 g/mol.